The van der Waals surface area contributed by atoms with Gasteiger partial charge in [0.25, 0.3) is 0 Å². The van der Waals surface area contributed by atoms with Gasteiger partial charge in [-0.25, -0.2) is 0 Å². The molecule has 0 spiro atoms. The van der Waals surface area contributed by atoms with Crippen LogP contribution in [0, 0.1) is 5.92 Å². The average molecular weight is 232 g/mol. The summed E-state index contributed by atoms with van der Waals surface area (Å²) in [5.74, 6) is 0.814. The Hall–Kier alpha value is -1.15. The minimum absolute atomic E-state index is 0.227. The number of carbonyl (C=O) groups excluding carboxylic acids is 1. The highest BCUT2D eigenvalue weighted by molar-refractivity contribution is 5.84. The van der Waals surface area contributed by atoms with Crippen LogP contribution in [0.5, 0.6) is 0 Å². The standard InChI is InChI=1S/C15H20O2/c1-17-15(13-9-3-2-4-10-13)14(16)11-12-7-5-6-8-12/h2-4,9-10,12,15H,5-8,11H2,1H3. The van der Waals surface area contributed by atoms with Crippen molar-refractivity contribution in [1.82, 2.24) is 0 Å². The molecule has 0 aliphatic heterocycles. The van der Waals surface area contributed by atoms with E-state index in [-0.39, 0.29) is 11.9 Å². The van der Waals surface area contributed by atoms with Crippen LogP contribution in [0.15, 0.2) is 30.3 Å². The molecule has 1 unspecified atom stereocenters. The van der Waals surface area contributed by atoms with E-state index in [0.717, 1.165) is 5.56 Å². The minimum Gasteiger partial charge on any atom is -0.369 e. The first-order valence-corrected chi connectivity index (χ1v) is 6.41. The number of methoxy groups -OCH3 is 1. The van der Waals surface area contributed by atoms with Gasteiger partial charge in [0.1, 0.15) is 6.10 Å². The van der Waals surface area contributed by atoms with Crippen LogP contribution in [-0.2, 0) is 9.53 Å². The normalized spacial score (nSPS) is 18.2. The number of carbonyl (C=O) groups is 1. The van der Waals surface area contributed by atoms with Crippen molar-refractivity contribution in [3.05, 3.63) is 35.9 Å². The van der Waals surface area contributed by atoms with E-state index in [0.29, 0.717) is 12.3 Å². The maximum Gasteiger partial charge on any atom is 0.166 e. The van der Waals surface area contributed by atoms with Crippen LogP contribution in [0.3, 0.4) is 0 Å². The summed E-state index contributed by atoms with van der Waals surface area (Å²) in [7, 11) is 1.62. The van der Waals surface area contributed by atoms with E-state index in [9.17, 15) is 4.79 Å². The van der Waals surface area contributed by atoms with Crippen molar-refractivity contribution in [3.63, 3.8) is 0 Å². The van der Waals surface area contributed by atoms with E-state index in [1.54, 1.807) is 7.11 Å². The third-order valence-electron chi connectivity index (χ3n) is 3.60. The predicted molar refractivity (Wildman–Crippen MR) is 67.8 cm³/mol. The lowest BCUT2D eigenvalue weighted by Gasteiger charge is -2.16. The van der Waals surface area contributed by atoms with Gasteiger partial charge in [-0.2, -0.15) is 0 Å². The van der Waals surface area contributed by atoms with Gasteiger partial charge < -0.3 is 4.74 Å². The van der Waals surface area contributed by atoms with Crippen LogP contribution in [0.25, 0.3) is 0 Å². The molecule has 1 fully saturated rings. The maximum atomic E-state index is 12.2. The van der Waals surface area contributed by atoms with E-state index in [4.69, 9.17) is 4.74 Å². The number of ketones is 1. The molecule has 1 aromatic rings. The summed E-state index contributed by atoms with van der Waals surface area (Å²) >= 11 is 0. The number of rotatable bonds is 5. The van der Waals surface area contributed by atoms with Crippen molar-refractivity contribution in [2.45, 2.75) is 38.2 Å². The van der Waals surface area contributed by atoms with Gasteiger partial charge in [0.05, 0.1) is 0 Å². The average Bonchev–Trinajstić information content (AvgIpc) is 2.84. The summed E-state index contributed by atoms with van der Waals surface area (Å²) < 4.78 is 5.36. The molecule has 0 amide bonds. The van der Waals surface area contributed by atoms with Crippen LogP contribution in [0.2, 0.25) is 0 Å². The van der Waals surface area contributed by atoms with Gasteiger partial charge in [0.15, 0.2) is 5.78 Å². The topological polar surface area (TPSA) is 26.3 Å². The van der Waals surface area contributed by atoms with Crippen molar-refractivity contribution in [3.8, 4) is 0 Å². The highest BCUT2D eigenvalue weighted by Gasteiger charge is 2.25. The number of ether oxygens (including phenoxy) is 1. The van der Waals surface area contributed by atoms with Gasteiger partial charge in [-0.1, -0.05) is 56.0 Å². The number of benzene rings is 1. The molecule has 17 heavy (non-hydrogen) atoms. The Morgan fingerprint density at radius 2 is 1.94 bits per heavy atom. The molecule has 0 bridgehead atoms. The molecule has 0 aromatic heterocycles. The highest BCUT2D eigenvalue weighted by Crippen LogP contribution is 2.30. The zero-order chi connectivity index (χ0) is 12.1. The summed E-state index contributed by atoms with van der Waals surface area (Å²) in [4.78, 5) is 12.2. The number of hydrogen-bond acceptors (Lipinski definition) is 2. The molecule has 1 aliphatic carbocycles. The Bertz CT molecular complexity index is 352. The van der Waals surface area contributed by atoms with Crippen molar-refractivity contribution in [1.29, 1.82) is 0 Å². The summed E-state index contributed by atoms with van der Waals surface area (Å²) in [6.07, 6.45) is 5.26. The molecule has 1 aromatic carbocycles. The molecule has 2 rings (SSSR count). The first-order chi connectivity index (χ1) is 8.31. The van der Waals surface area contributed by atoms with Crippen molar-refractivity contribution < 1.29 is 9.53 Å². The zero-order valence-electron chi connectivity index (χ0n) is 10.4. The summed E-state index contributed by atoms with van der Waals surface area (Å²) in [6, 6.07) is 9.77. The zero-order valence-corrected chi connectivity index (χ0v) is 10.4. The van der Waals surface area contributed by atoms with Gasteiger partial charge in [-0.15, -0.1) is 0 Å². The van der Waals surface area contributed by atoms with E-state index < -0.39 is 0 Å². The molecular formula is C15H20O2. The molecule has 0 radical (unpaired) electrons. The second-order valence-corrected chi connectivity index (χ2v) is 4.85. The number of hydrogen-bond donors (Lipinski definition) is 0. The van der Waals surface area contributed by atoms with Crippen LogP contribution in [0.1, 0.15) is 43.8 Å². The molecule has 1 aliphatic rings. The third kappa shape index (κ3) is 3.16. The van der Waals surface area contributed by atoms with E-state index in [1.807, 2.05) is 30.3 Å². The fourth-order valence-electron chi connectivity index (χ4n) is 2.69. The molecule has 1 saturated carbocycles. The Morgan fingerprint density at radius 3 is 2.53 bits per heavy atom. The third-order valence-corrected chi connectivity index (χ3v) is 3.60. The summed E-state index contributed by atoms with van der Waals surface area (Å²) in [6.45, 7) is 0. The first kappa shape index (κ1) is 12.3. The van der Waals surface area contributed by atoms with Gasteiger partial charge in [0, 0.05) is 13.5 Å². The molecule has 0 heterocycles. The minimum atomic E-state index is -0.378. The predicted octanol–water partition coefficient (Wildman–Crippen LogP) is 3.52. The molecule has 0 saturated heterocycles. The molecule has 2 nitrogen and oxygen atoms in total. The van der Waals surface area contributed by atoms with Crippen molar-refractivity contribution in [2.75, 3.05) is 7.11 Å². The van der Waals surface area contributed by atoms with E-state index >= 15 is 0 Å². The van der Waals surface area contributed by atoms with Crippen LogP contribution in [-0.4, -0.2) is 12.9 Å². The van der Waals surface area contributed by atoms with Gasteiger partial charge >= 0.3 is 0 Å². The lowest BCUT2D eigenvalue weighted by Crippen LogP contribution is -2.17. The largest absolute Gasteiger partial charge is 0.369 e. The summed E-state index contributed by atoms with van der Waals surface area (Å²) in [5.41, 5.74) is 0.970. The molecule has 1 atom stereocenters. The van der Waals surface area contributed by atoms with Crippen LogP contribution >= 0.6 is 0 Å². The molecule has 2 heteroatoms. The Morgan fingerprint density at radius 1 is 1.29 bits per heavy atom. The second-order valence-electron chi connectivity index (χ2n) is 4.85. The van der Waals surface area contributed by atoms with Crippen molar-refractivity contribution in [2.24, 2.45) is 5.92 Å². The second kappa shape index (κ2) is 5.97. The first-order valence-electron chi connectivity index (χ1n) is 6.41. The highest BCUT2D eigenvalue weighted by atomic mass is 16.5. The maximum absolute atomic E-state index is 12.2. The van der Waals surface area contributed by atoms with Crippen molar-refractivity contribution >= 4 is 5.78 Å². The smallest absolute Gasteiger partial charge is 0.166 e. The van der Waals surface area contributed by atoms with Gasteiger partial charge in [0.2, 0.25) is 0 Å². The van der Waals surface area contributed by atoms with E-state index in [2.05, 4.69) is 0 Å². The monoisotopic (exact) mass is 232 g/mol. The van der Waals surface area contributed by atoms with Crippen LogP contribution < -0.4 is 0 Å². The lowest BCUT2D eigenvalue weighted by molar-refractivity contribution is -0.130. The lowest BCUT2D eigenvalue weighted by atomic mass is 9.95. The van der Waals surface area contributed by atoms with Gasteiger partial charge in [-0.05, 0) is 11.5 Å². The number of Topliss-reactive ketones (excluding diaryl/α,β-unsaturated/α-hetero) is 1. The Balaban J connectivity index is 2.00. The molecular weight excluding hydrogens is 212 g/mol. The fraction of sp³-hybridized carbons (Fsp3) is 0.533. The molecule has 0 N–H and O–H groups in total. The fourth-order valence-corrected chi connectivity index (χ4v) is 2.69. The van der Waals surface area contributed by atoms with E-state index in [1.165, 1.54) is 25.7 Å². The van der Waals surface area contributed by atoms with Gasteiger partial charge in [-0.3, -0.25) is 4.79 Å². The molecule has 92 valence electrons. The Labute approximate surface area is 103 Å². The van der Waals surface area contributed by atoms with Crippen LogP contribution in [0.4, 0.5) is 0 Å². The summed E-state index contributed by atoms with van der Waals surface area (Å²) in [5, 5.41) is 0. The Kier molecular flexibility index (Phi) is 4.32. The quantitative estimate of drug-likeness (QED) is 0.776. The SMILES string of the molecule is COC(C(=O)CC1CCCC1)c1ccccc1.